The van der Waals surface area contributed by atoms with Crippen molar-refractivity contribution in [2.24, 2.45) is 0 Å². The summed E-state index contributed by atoms with van der Waals surface area (Å²) in [6.45, 7) is 4.42. The number of thiophene rings is 1. The van der Waals surface area contributed by atoms with E-state index >= 15 is 0 Å². The molecule has 1 nitrogen and oxygen atoms in total. The molecular weight excluding hydrogens is 502 g/mol. The zero-order valence-electron chi connectivity index (χ0n) is 22.5. The normalized spacial score (nSPS) is 11.8. The third-order valence-electron chi connectivity index (χ3n) is 8.27. The molecule has 0 bridgehead atoms. The van der Waals surface area contributed by atoms with E-state index in [4.69, 9.17) is 0 Å². The molecule has 0 fully saturated rings. The number of aromatic nitrogens is 1. The van der Waals surface area contributed by atoms with Gasteiger partial charge in [-0.25, -0.2) is 0 Å². The Morgan fingerprint density at radius 2 is 0.975 bits per heavy atom. The van der Waals surface area contributed by atoms with Crippen molar-refractivity contribution in [1.82, 2.24) is 4.57 Å². The first-order chi connectivity index (χ1) is 19.7. The van der Waals surface area contributed by atoms with Crippen LogP contribution in [-0.4, -0.2) is 4.57 Å². The maximum atomic E-state index is 2.44. The van der Waals surface area contributed by atoms with E-state index in [0.29, 0.717) is 0 Å². The molecule has 0 spiro atoms. The molecule has 40 heavy (non-hydrogen) atoms. The van der Waals surface area contributed by atoms with Gasteiger partial charge in [-0.3, -0.25) is 0 Å². The van der Waals surface area contributed by atoms with Crippen LogP contribution >= 0.6 is 11.3 Å². The van der Waals surface area contributed by atoms with Crippen LogP contribution < -0.4 is 0 Å². The molecule has 8 rings (SSSR count). The van der Waals surface area contributed by atoms with Crippen LogP contribution in [0.4, 0.5) is 0 Å². The van der Waals surface area contributed by atoms with Gasteiger partial charge in [0.05, 0.1) is 11.0 Å². The first kappa shape index (κ1) is 23.2. The lowest BCUT2D eigenvalue weighted by molar-refractivity contribution is 1.16. The fourth-order valence-electron chi connectivity index (χ4n) is 6.34. The van der Waals surface area contributed by atoms with E-state index in [1.54, 1.807) is 0 Å². The Morgan fingerprint density at radius 3 is 1.65 bits per heavy atom. The number of hydrogen-bond donors (Lipinski definition) is 0. The van der Waals surface area contributed by atoms with E-state index in [9.17, 15) is 0 Å². The number of hydrogen-bond acceptors (Lipinski definition) is 1. The van der Waals surface area contributed by atoms with Gasteiger partial charge in [0, 0.05) is 36.6 Å². The average Bonchev–Trinajstić information content (AvgIpc) is 3.55. The number of para-hydroxylation sites is 2. The van der Waals surface area contributed by atoms with Gasteiger partial charge in [-0.2, -0.15) is 0 Å². The lowest BCUT2D eigenvalue weighted by atomic mass is 9.99. The van der Waals surface area contributed by atoms with Crippen molar-refractivity contribution in [3.63, 3.8) is 0 Å². The van der Waals surface area contributed by atoms with E-state index < -0.39 is 0 Å². The fraction of sp³-hybridized carbons (Fsp3) is 0.0526. The van der Waals surface area contributed by atoms with Gasteiger partial charge in [-0.15, -0.1) is 11.3 Å². The summed E-state index contributed by atoms with van der Waals surface area (Å²) < 4.78 is 5.14. The zero-order valence-corrected chi connectivity index (χ0v) is 23.3. The zero-order chi connectivity index (χ0) is 26.8. The molecule has 0 saturated carbocycles. The second-order valence-corrected chi connectivity index (χ2v) is 11.7. The Balaban J connectivity index is 1.19. The number of rotatable bonds is 3. The van der Waals surface area contributed by atoms with Crippen molar-refractivity contribution in [3.05, 3.63) is 139 Å². The number of fused-ring (bicyclic) bond motifs is 6. The predicted molar refractivity (Wildman–Crippen MR) is 174 cm³/mol. The summed E-state index contributed by atoms with van der Waals surface area (Å²) in [4.78, 5) is 0. The molecule has 0 atom stereocenters. The van der Waals surface area contributed by atoms with Gasteiger partial charge < -0.3 is 4.57 Å². The fourth-order valence-corrected chi connectivity index (χ4v) is 7.57. The number of aryl methyl sites for hydroxylation is 2. The van der Waals surface area contributed by atoms with Gasteiger partial charge in [0.1, 0.15) is 0 Å². The summed E-state index contributed by atoms with van der Waals surface area (Å²) in [6, 6.07) is 46.7. The van der Waals surface area contributed by atoms with Crippen LogP contribution in [0.2, 0.25) is 0 Å². The molecule has 0 radical (unpaired) electrons. The van der Waals surface area contributed by atoms with Gasteiger partial charge in [-0.05, 0) is 65.4 Å². The van der Waals surface area contributed by atoms with Crippen LogP contribution in [0.15, 0.2) is 127 Å². The van der Waals surface area contributed by atoms with E-state index in [-0.39, 0.29) is 0 Å². The molecule has 2 aromatic heterocycles. The van der Waals surface area contributed by atoms with Crippen molar-refractivity contribution >= 4 is 53.3 Å². The summed E-state index contributed by atoms with van der Waals surface area (Å²) >= 11 is 1.88. The Hall–Kier alpha value is -4.66. The minimum absolute atomic E-state index is 1.19. The third-order valence-corrected chi connectivity index (χ3v) is 9.49. The highest BCUT2D eigenvalue weighted by molar-refractivity contribution is 7.26. The summed E-state index contributed by atoms with van der Waals surface area (Å²) in [6.07, 6.45) is 0. The monoisotopic (exact) mass is 529 g/mol. The molecule has 0 aliphatic carbocycles. The SMILES string of the molecule is Cc1cccc2c3cccc(C)c3n(-c3ccc(-c4ccc(-c5cccc6c5sc5ccccc56)cc4)cc3)c12. The highest BCUT2D eigenvalue weighted by Crippen LogP contribution is 2.40. The number of nitrogens with zero attached hydrogens (tertiary/aromatic N) is 1. The molecule has 190 valence electrons. The molecule has 0 aliphatic heterocycles. The summed E-state index contributed by atoms with van der Waals surface area (Å²) in [5.41, 5.74) is 11.4. The Labute approximate surface area is 237 Å². The minimum atomic E-state index is 1.19. The van der Waals surface area contributed by atoms with E-state index in [1.807, 2.05) is 11.3 Å². The van der Waals surface area contributed by atoms with Crippen LogP contribution in [0.3, 0.4) is 0 Å². The summed E-state index contributed by atoms with van der Waals surface area (Å²) in [5, 5.41) is 5.31. The van der Waals surface area contributed by atoms with Crippen molar-refractivity contribution in [1.29, 1.82) is 0 Å². The van der Waals surface area contributed by atoms with E-state index in [2.05, 4.69) is 146 Å². The minimum Gasteiger partial charge on any atom is -0.309 e. The van der Waals surface area contributed by atoms with Gasteiger partial charge in [0.25, 0.3) is 0 Å². The maximum Gasteiger partial charge on any atom is 0.0570 e. The van der Waals surface area contributed by atoms with Crippen LogP contribution in [-0.2, 0) is 0 Å². The first-order valence-electron chi connectivity index (χ1n) is 13.8. The Morgan fingerprint density at radius 1 is 0.450 bits per heavy atom. The van der Waals surface area contributed by atoms with E-state index in [1.165, 1.54) is 81.0 Å². The Bertz CT molecular complexity index is 2150. The second-order valence-electron chi connectivity index (χ2n) is 10.7. The van der Waals surface area contributed by atoms with Crippen LogP contribution in [0.1, 0.15) is 11.1 Å². The van der Waals surface area contributed by atoms with Crippen molar-refractivity contribution in [2.45, 2.75) is 13.8 Å². The first-order valence-corrected chi connectivity index (χ1v) is 14.6. The molecule has 2 heterocycles. The predicted octanol–water partition coefficient (Wildman–Crippen LogP) is 11.1. The molecular formula is C38H27NS. The molecule has 0 N–H and O–H groups in total. The Kier molecular flexibility index (Phi) is 5.20. The largest absolute Gasteiger partial charge is 0.309 e. The quantitative estimate of drug-likeness (QED) is 0.214. The van der Waals surface area contributed by atoms with Crippen LogP contribution in [0.5, 0.6) is 0 Å². The summed E-state index contributed by atoms with van der Waals surface area (Å²) in [7, 11) is 0. The molecule has 6 aromatic carbocycles. The standard InChI is InChI=1S/C38H27NS/c1-24-8-5-12-32-33-13-6-9-25(2)37(33)39(36(24)32)29-22-20-27(21-23-29)26-16-18-28(19-17-26)30-11-7-14-34-31-10-3-4-15-35(31)40-38(30)34/h3-23H,1-2H3. The summed E-state index contributed by atoms with van der Waals surface area (Å²) in [5.74, 6) is 0. The maximum absolute atomic E-state index is 2.44. The van der Waals surface area contributed by atoms with Crippen LogP contribution in [0, 0.1) is 13.8 Å². The lowest BCUT2D eigenvalue weighted by Crippen LogP contribution is -1.96. The third kappa shape index (κ3) is 3.46. The number of benzene rings is 6. The van der Waals surface area contributed by atoms with Gasteiger partial charge in [-0.1, -0.05) is 109 Å². The van der Waals surface area contributed by atoms with E-state index in [0.717, 1.165) is 0 Å². The average molecular weight is 530 g/mol. The highest BCUT2D eigenvalue weighted by Gasteiger charge is 2.16. The van der Waals surface area contributed by atoms with Gasteiger partial charge in [0.15, 0.2) is 0 Å². The smallest absolute Gasteiger partial charge is 0.0570 e. The second kappa shape index (κ2) is 8.94. The highest BCUT2D eigenvalue weighted by atomic mass is 32.1. The molecule has 2 heteroatoms. The van der Waals surface area contributed by atoms with Gasteiger partial charge >= 0.3 is 0 Å². The molecule has 0 aliphatic rings. The van der Waals surface area contributed by atoms with Crippen molar-refractivity contribution in [3.8, 4) is 27.9 Å². The van der Waals surface area contributed by atoms with Crippen molar-refractivity contribution in [2.75, 3.05) is 0 Å². The van der Waals surface area contributed by atoms with Crippen molar-refractivity contribution < 1.29 is 0 Å². The molecule has 0 amide bonds. The molecule has 0 saturated heterocycles. The van der Waals surface area contributed by atoms with Gasteiger partial charge in [0.2, 0.25) is 0 Å². The topological polar surface area (TPSA) is 4.93 Å². The molecule has 8 aromatic rings. The molecule has 0 unspecified atom stereocenters. The van der Waals surface area contributed by atoms with Crippen LogP contribution in [0.25, 0.3) is 69.9 Å². The lowest BCUT2D eigenvalue weighted by Gasteiger charge is -2.12.